The Bertz CT molecular complexity index is 980. The molecule has 2 aromatic carbocycles. The van der Waals surface area contributed by atoms with Crippen molar-refractivity contribution < 1.29 is 14.3 Å². The largest absolute Gasteiger partial charge is 0.452 e. The SMILES string of the molecule is O=C(OCC(=O)N1CCN(c2ncccn2)CC1)c1cccc2ccccc12. The smallest absolute Gasteiger partial charge is 0.339 e. The summed E-state index contributed by atoms with van der Waals surface area (Å²) in [4.78, 5) is 37.1. The minimum Gasteiger partial charge on any atom is -0.452 e. The molecule has 0 bridgehead atoms. The van der Waals surface area contributed by atoms with E-state index in [1.54, 1.807) is 29.4 Å². The highest BCUT2D eigenvalue weighted by atomic mass is 16.5. The summed E-state index contributed by atoms with van der Waals surface area (Å²) in [6, 6.07) is 14.8. The van der Waals surface area contributed by atoms with Crippen LogP contribution in [0.5, 0.6) is 0 Å². The summed E-state index contributed by atoms with van der Waals surface area (Å²) < 4.78 is 5.29. The quantitative estimate of drug-likeness (QED) is 0.650. The maximum absolute atomic E-state index is 12.5. The van der Waals surface area contributed by atoms with E-state index in [9.17, 15) is 9.59 Å². The van der Waals surface area contributed by atoms with Crippen molar-refractivity contribution >= 4 is 28.6 Å². The lowest BCUT2D eigenvalue weighted by Crippen LogP contribution is -2.50. The molecule has 0 atom stereocenters. The number of amides is 1. The van der Waals surface area contributed by atoms with Crippen molar-refractivity contribution in [2.24, 2.45) is 0 Å². The van der Waals surface area contributed by atoms with Crippen LogP contribution in [-0.2, 0) is 9.53 Å². The second-order valence-corrected chi connectivity index (χ2v) is 6.52. The lowest BCUT2D eigenvalue weighted by atomic mass is 10.1. The van der Waals surface area contributed by atoms with Crippen molar-refractivity contribution in [2.75, 3.05) is 37.7 Å². The molecule has 1 aliphatic heterocycles. The Morgan fingerprint density at radius 2 is 1.61 bits per heavy atom. The Labute approximate surface area is 162 Å². The van der Waals surface area contributed by atoms with E-state index in [1.807, 2.05) is 41.3 Å². The zero-order chi connectivity index (χ0) is 19.3. The van der Waals surface area contributed by atoms with Crippen LogP contribution in [0.15, 0.2) is 60.9 Å². The van der Waals surface area contributed by atoms with E-state index in [4.69, 9.17) is 4.74 Å². The number of hydrogen-bond acceptors (Lipinski definition) is 6. The number of esters is 1. The first kappa shape index (κ1) is 17.9. The van der Waals surface area contributed by atoms with E-state index < -0.39 is 5.97 Å². The van der Waals surface area contributed by atoms with Gasteiger partial charge in [-0.25, -0.2) is 14.8 Å². The number of nitrogens with zero attached hydrogens (tertiary/aromatic N) is 4. The molecule has 3 aromatic rings. The first-order chi connectivity index (χ1) is 13.7. The molecule has 28 heavy (non-hydrogen) atoms. The molecule has 1 saturated heterocycles. The standard InChI is InChI=1S/C21H20N4O3/c26-19(24-11-13-25(14-12-24)21-22-9-4-10-23-21)15-28-20(27)18-8-3-6-16-5-1-2-7-17(16)18/h1-10H,11-15H2. The Hall–Kier alpha value is -3.48. The van der Waals surface area contributed by atoms with Gasteiger partial charge in [-0.2, -0.15) is 0 Å². The average molecular weight is 376 g/mol. The summed E-state index contributed by atoms with van der Waals surface area (Å²) in [5.41, 5.74) is 0.469. The minimum atomic E-state index is -0.485. The number of rotatable bonds is 4. The van der Waals surface area contributed by atoms with Crippen molar-refractivity contribution in [1.29, 1.82) is 0 Å². The Morgan fingerprint density at radius 1 is 0.893 bits per heavy atom. The summed E-state index contributed by atoms with van der Waals surface area (Å²) in [6.07, 6.45) is 3.40. The van der Waals surface area contributed by atoms with Crippen LogP contribution < -0.4 is 4.90 Å². The highest BCUT2D eigenvalue weighted by Gasteiger charge is 2.23. The summed E-state index contributed by atoms with van der Waals surface area (Å²) in [5.74, 6) is -0.0133. The number of aromatic nitrogens is 2. The monoisotopic (exact) mass is 376 g/mol. The normalized spacial score (nSPS) is 14.1. The molecular formula is C21H20N4O3. The average Bonchev–Trinajstić information content (AvgIpc) is 2.77. The molecule has 0 saturated carbocycles. The van der Waals surface area contributed by atoms with Gasteiger partial charge >= 0.3 is 5.97 Å². The highest BCUT2D eigenvalue weighted by Crippen LogP contribution is 2.19. The third kappa shape index (κ3) is 3.78. The fraction of sp³-hybridized carbons (Fsp3) is 0.238. The zero-order valence-corrected chi connectivity index (χ0v) is 15.3. The molecule has 1 aromatic heterocycles. The Morgan fingerprint density at radius 3 is 2.39 bits per heavy atom. The van der Waals surface area contributed by atoms with Crippen LogP contribution in [0, 0.1) is 0 Å². The van der Waals surface area contributed by atoms with Crippen LogP contribution in [0.4, 0.5) is 5.95 Å². The molecule has 2 heterocycles. The maximum atomic E-state index is 12.5. The fourth-order valence-electron chi connectivity index (χ4n) is 3.31. The Kier molecular flexibility index (Phi) is 5.14. The first-order valence-electron chi connectivity index (χ1n) is 9.17. The number of benzene rings is 2. The third-order valence-corrected chi connectivity index (χ3v) is 4.80. The van der Waals surface area contributed by atoms with E-state index in [2.05, 4.69) is 9.97 Å². The van der Waals surface area contributed by atoms with Gasteiger partial charge in [0.1, 0.15) is 0 Å². The van der Waals surface area contributed by atoms with Crippen molar-refractivity contribution in [1.82, 2.24) is 14.9 Å². The number of ether oxygens (including phenoxy) is 1. The molecule has 1 amide bonds. The van der Waals surface area contributed by atoms with Crippen LogP contribution in [0.25, 0.3) is 10.8 Å². The van der Waals surface area contributed by atoms with Crippen molar-refractivity contribution in [3.8, 4) is 0 Å². The molecule has 0 aliphatic carbocycles. The maximum Gasteiger partial charge on any atom is 0.339 e. The second kappa shape index (κ2) is 8.04. The van der Waals surface area contributed by atoms with Gasteiger partial charge < -0.3 is 14.5 Å². The summed E-state index contributed by atoms with van der Waals surface area (Å²) in [6.45, 7) is 2.12. The van der Waals surface area contributed by atoms with Gasteiger partial charge in [0.2, 0.25) is 5.95 Å². The van der Waals surface area contributed by atoms with Crippen LogP contribution in [0.1, 0.15) is 10.4 Å². The lowest BCUT2D eigenvalue weighted by molar-refractivity contribution is -0.134. The number of carbonyl (C=O) groups is 2. The molecule has 142 valence electrons. The van der Waals surface area contributed by atoms with Gasteiger partial charge in [-0.1, -0.05) is 36.4 Å². The summed E-state index contributed by atoms with van der Waals surface area (Å²) in [5, 5.41) is 1.78. The molecule has 1 aliphatic rings. The lowest BCUT2D eigenvalue weighted by Gasteiger charge is -2.34. The van der Waals surface area contributed by atoms with Gasteiger partial charge in [0, 0.05) is 38.6 Å². The van der Waals surface area contributed by atoms with Gasteiger partial charge in [-0.15, -0.1) is 0 Å². The van der Waals surface area contributed by atoms with Crippen LogP contribution in [-0.4, -0.2) is 59.5 Å². The van der Waals surface area contributed by atoms with E-state index in [-0.39, 0.29) is 12.5 Å². The van der Waals surface area contributed by atoms with Gasteiger partial charge in [0.15, 0.2) is 6.61 Å². The van der Waals surface area contributed by atoms with E-state index in [0.717, 1.165) is 10.8 Å². The number of carbonyl (C=O) groups excluding carboxylic acids is 2. The number of hydrogen-bond donors (Lipinski definition) is 0. The topological polar surface area (TPSA) is 75.6 Å². The fourth-order valence-corrected chi connectivity index (χ4v) is 3.31. The van der Waals surface area contributed by atoms with Crippen molar-refractivity contribution in [3.05, 3.63) is 66.5 Å². The van der Waals surface area contributed by atoms with E-state index >= 15 is 0 Å². The molecule has 4 rings (SSSR count). The zero-order valence-electron chi connectivity index (χ0n) is 15.3. The van der Waals surface area contributed by atoms with Gasteiger partial charge in [-0.3, -0.25) is 4.79 Å². The first-order valence-corrected chi connectivity index (χ1v) is 9.17. The molecule has 0 spiro atoms. The molecule has 0 N–H and O–H groups in total. The van der Waals surface area contributed by atoms with Crippen molar-refractivity contribution in [3.63, 3.8) is 0 Å². The molecule has 0 radical (unpaired) electrons. The van der Waals surface area contributed by atoms with Crippen LogP contribution in [0.2, 0.25) is 0 Å². The predicted octanol–water partition coefficient (Wildman–Crippen LogP) is 2.14. The summed E-state index contributed by atoms with van der Waals surface area (Å²) >= 11 is 0. The number of piperazine rings is 1. The highest BCUT2D eigenvalue weighted by molar-refractivity contribution is 6.04. The molecule has 7 nitrogen and oxygen atoms in total. The van der Waals surface area contributed by atoms with Crippen LogP contribution >= 0.6 is 0 Å². The van der Waals surface area contributed by atoms with Crippen molar-refractivity contribution in [2.45, 2.75) is 0 Å². The van der Waals surface area contributed by atoms with E-state index in [0.29, 0.717) is 37.7 Å². The molecule has 1 fully saturated rings. The van der Waals surface area contributed by atoms with Gasteiger partial charge in [-0.05, 0) is 22.9 Å². The van der Waals surface area contributed by atoms with E-state index in [1.165, 1.54) is 0 Å². The molecule has 0 unspecified atom stereocenters. The second-order valence-electron chi connectivity index (χ2n) is 6.52. The van der Waals surface area contributed by atoms with Gasteiger partial charge in [0.25, 0.3) is 5.91 Å². The number of fused-ring (bicyclic) bond motifs is 1. The minimum absolute atomic E-state index is 0.192. The number of anilines is 1. The van der Waals surface area contributed by atoms with Crippen LogP contribution in [0.3, 0.4) is 0 Å². The summed E-state index contributed by atoms with van der Waals surface area (Å²) in [7, 11) is 0. The predicted molar refractivity (Wildman–Crippen MR) is 105 cm³/mol. The third-order valence-electron chi connectivity index (χ3n) is 4.80. The van der Waals surface area contributed by atoms with Gasteiger partial charge in [0.05, 0.1) is 5.56 Å². The Balaban J connectivity index is 1.33. The molecular weight excluding hydrogens is 356 g/mol. The molecule has 7 heteroatoms.